The molecule has 2 aromatic carbocycles. The van der Waals surface area contributed by atoms with Crippen LogP contribution in [0.2, 0.25) is 0 Å². The Kier molecular flexibility index (Phi) is 5.63. The molecule has 1 atom stereocenters. The highest BCUT2D eigenvalue weighted by Crippen LogP contribution is 2.29. The average molecular weight is 438 g/mol. The number of aromatic nitrogens is 2. The molecule has 1 amide bonds. The van der Waals surface area contributed by atoms with Gasteiger partial charge in [-0.15, -0.1) is 0 Å². The van der Waals surface area contributed by atoms with Gasteiger partial charge in [-0.3, -0.25) is 14.2 Å². The maximum Gasteiger partial charge on any atom is 0.230 e. The first kappa shape index (κ1) is 20.1. The highest BCUT2D eigenvalue weighted by Gasteiger charge is 2.21. The van der Waals surface area contributed by atoms with Crippen molar-refractivity contribution in [2.75, 3.05) is 39.9 Å². The van der Waals surface area contributed by atoms with Crippen LogP contribution in [0.4, 0.5) is 17.2 Å². The summed E-state index contributed by atoms with van der Waals surface area (Å²) in [6, 6.07) is 14.1. The number of nitrogens with one attached hydrogen (secondary N) is 2. The maximum atomic E-state index is 12.7. The number of H-pyrrole nitrogens is 1. The van der Waals surface area contributed by atoms with Crippen molar-refractivity contribution in [2.45, 2.75) is 32.1 Å². The molecule has 8 heteroatoms. The second-order valence-corrected chi connectivity index (χ2v) is 9.71. The average Bonchev–Trinajstić information content (AvgIpc) is 3.40. The summed E-state index contributed by atoms with van der Waals surface area (Å²) in [5.41, 5.74) is 3.95. The maximum absolute atomic E-state index is 12.7. The molecular formula is C23H27N5O2S. The van der Waals surface area contributed by atoms with Crippen molar-refractivity contribution in [3.05, 3.63) is 48.0 Å². The molecule has 1 unspecified atom stereocenters. The van der Waals surface area contributed by atoms with Crippen molar-refractivity contribution >= 4 is 45.0 Å². The number of rotatable bonds is 5. The van der Waals surface area contributed by atoms with Gasteiger partial charge in [0.15, 0.2) is 5.82 Å². The number of hydrogen-bond donors (Lipinski definition) is 2. The Labute approximate surface area is 184 Å². The van der Waals surface area contributed by atoms with E-state index in [2.05, 4.69) is 32.5 Å². The summed E-state index contributed by atoms with van der Waals surface area (Å²) >= 11 is 0. The second-order valence-electron chi connectivity index (χ2n) is 8.22. The van der Waals surface area contributed by atoms with Gasteiger partial charge in [0.05, 0.1) is 17.6 Å². The van der Waals surface area contributed by atoms with E-state index in [1.54, 1.807) is 0 Å². The van der Waals surface area contributed by atoms with Crippen LogP contribution in [0.5, 0.6) is 0 Å². The van der Waals surface area contributed by atoms with Crippen LogP contribution in [0.3, 0.4) is 0 Å². The summed E-state index contributed by atoms with van der Waals surface area (Å²) in [6.07, 6.45) is 5.03. The third-order valence-corrected chi connectivity index (χ3v) is 7.56. The minimum atomic E-state index is -0.978. The Balaban J connectivity index is 1.27. The molecule has 31 heavy (non-hydrogen) atoms. The molecule has 2 N–H and O–H groups in total. The Morgan fingerprint density at radius 1 is 1.00 bits per heavy atom. The predicted molar refractivity (Wildman–Crippen MR) is 126 cm³/mol. The van der Waals surface area contributed by atoms with Gasteiger partial charge in [-0.1, -0.05) is 12.1 Å². The van der Waals surface area contributed by atoms with E-state index in [-0.39, 0.29) is 5.91 Å². The van der Waals surface area contributed by atoms with E-state index >= 15 is 0 Å². The number of carbonyl (C=O) groups is 1. The Bertz CT molecular complexity index is 1100. The van der Waals surface area contributed by atoms with Crippen LogP contribution < -0.4 is 14.5 Å². The molecule has 2 saturated heterocycles. The van der Waals surface area contributed by atoms with E-state index in [1.807, 2.05) is 34.6 Å². The van der Waals surface area contributed by atoms with Crippen LogP contribution in [0.15, 0.2) is 42.5 Å². The van der Waals surface area contributed by atoms with E-state index in [1.165, 1.54) is 24.9 Å². The van der Waals surface area contributed by atoms with Crippen LogP contribution in [-0.2, 0) is 22.2 Å². The van der Waals surface area contributed by atoms with E-state index in [9.17, 15) is 9.00 Å². The molecule has 7 nitrogen and oxygen atoms in total. The molecule has 5 rings (SSSR count). The molecule has 0 saturated carbocycles. The molecule has 2 aliphatic heterocycles. The van der Waals surface area contributed by atoms with Crippen molar-refractivity contribution in [3.63, 3.8) is 0 Å². The fourth-order valence-corrected chi connectivity index (χ4v) is 5.66. The second kappa shape index (κ2) is 8.70. The number of aromatic amines is 1. The SMILES string of the molecule is O=C(Cc1ccc(N2CCCCC2)cc1)Nc1n[nH]c2ccc(N3CCCS3=O)cc12. The number of hydrogen-bond acceptors (Lipinski definition) is 4. The molecule has 0 bridgehead atoms. The smallest absolute Gasteiger partial charge is 0.230 e. The standard InChI is InChI=1S/C23H27N5O2S/c29-22(15-17-5-7-18(8-6-17)27-11-2-1-3-12-27)24-23-20-16-19(9-10-21(20)25-26-23)28-13-4-14-31(28)30/h5-10,16H,1-4,11-15H2,(H2,24,25,26,29). The van der Waals surface area contributed by atoms with E-state index in [0.29, 0.717) is 18.0 Å². The molecule has 2 aliphatic rings. The number of carbonyl (C=O) groups excluding carboxylic acids is 1. The zero-order chi connectivity index (χ0) is 21.2. The number of piperidine rings is 1. The van der Waals surface area contributed by atoms with Gasteiger partial charge in [0.25, 0.3) is 0 Å². The zero-order valence-corrected chi connectivity index (χ0v) is 18.3. The van der Waals surface area contributed by atoms with Crippen LogP contribution in [0, 0.1) is 0 Å². The van der Waals surface area contributed by atoms with Gasteiger partial charge >= 0.3 is 0 Å². The summed E-state index contributed by atoms with van der Waals surface area (Å²) < 4.78 is 14.1. The van der Waals surface area contributed by atoms with Gasteiger partial charge in [0.2, 0.25) is 5.91 Å². The summed E-state index contributed by atoms with van der Waals surface area (Å²) in [5.74, 6) is 1.11. The lowest BCUT2D eigenvalue weighted by Crippen LogP contribution is -2.29. The normalized spacial score (nSPS) is 19.2. The van der Waals surface area contributed by atoms with E-state index in [0.717, 1.165) is 48.2 Å². The highest BCUT2D eigenvalue weighted by molar-refractivity contribution is 7.86. The number of amides is 1. The monoisotopic (exact) mass is 437 g/mol. The lowest BCUT2D eigenvalue weighted by Gasteiger charge is -2.28. The summed E-state index contributed by atoms with van der Waals surface area (Å²) in [6.45, 7) is 3.00. The minimum absolute atomic E-state index is 0.103. The molecule has 0 spiro atoms. The molecule has 3 heterocycles. The number of nitrogens with zero attached hydrogens (tertiary/aromatic N) is 3. The molecule has 0 aliphatic carbocycles. The van der Waals surface area contributed by atoms with Gasteiger partial charge in [-0.25, -0.2) is 4.21 Å². The fourth-order valence-electron chi connectivity index (χ4n) is 4.38. The highest BCUT2D eigenvalue weighted by atomic mass is 32.2. The first-order valence-corrected chi connectivity index (χ1v) is 12.2. The van der Waals surface area contributed by atoms with Crippen molar-refractivity contribution in [2.24, 2.45) is 0 Å². The molecule has 162 valence electrons. The summed E-state index contributed by atoms with van der Waals surface area (Å²) in [4.78, 5) is 15.1. The van der Waals surface area contributed by atoms with Gasteiger partial charge in [0, 0.05) is 36.5 Å². The van der Waals surface area contributed by atoms with Crippen LogP contribution in [0.25, 0.3) is 10.9 Å². The molecule has 3 aromatic rings. The number of anilines is 3. The van der Waals surface area contributed by atoms with Crippen molar-refractivity contribution in [1.82, 2.24) is 10.2 Å². The third kappa shape index (κ3) is 4.30. The quantitative estimate of drug-likeness (QED) is 0.639. The van der Waals surface area contributed by atoms with Gasteiger partial charge < -0.3 is 10.2 Å². The van der Waals surface area contributed by atoms with Gasteiger partial charge in [-0.05, 0) is 61.6 Å². The summed E-state index contributed by atoms with van der Waals surface area (Å²) in [7, 11) is -0.978. The number of benzene rings is 2. The molecule has 0 radical (unpaired) electrons. The predicted octanol–water partition coefficient (Wildman–Crippen LogP) is 3.61. The Morgan fingerprint density at radius 2 is 1.77 bits per heavy atom. The van der Waals surface area contributed by atoms with Crippen molar-refractivity contribution in [3.8, 4) is 0 Å². The van der Waals surface area contributed by atoms with Crippen molar-refractivity contribution in [1.29, 1.82) is 0 Å². The lowest BCUT2D eigenvalue weighted by atomic mass is 10.1. The third-order valence-electron chi connectivity index (χ3n) is 6.04. The largest absolute Gasteiger partial charge is 0.372 e. The first-order chi connectivity index (χ1) is 15.2. The number of fused-ring (bicyclic) bond motifs is 1. The van der Waals surface area contributed by atoms with E-state index < -0.39 is 11.0 Å². The van der Waals surface area contributed by atoms with Crippen LogP contribution in [0.1, 0.15) is 31.2 Å². The topological polar surface area (TPSA) is 81.3 Å². The van der Waals surface area contributed by atoms with E-state index in [4.69, 9.17) is 0 Å². The summed E-state index contributed by atoms with van der Waals surface area (Å²) in [5, 5.41) is 11.0. The fraction of sp³-hybridized carbons (Fsp3) is 0.391. The molecular weight excluding hydrogens is 410 g/mol. The zero-order valence-electron chi connectivity index (χ0n) is 17.5. The molecule has 1 aromatic heterocycles. The lowest BCUT2D eigenvalue weighted by molar-refractivity contribution is -0.115. The van der Waals surface area contributed by atoms with Crippen LogP contribution >= 0.6 is 0 Å². The van der Waals surface area contributed by atoms with Crippen molar-refractivity contribution < 1.29 is 9.00 Å². The first-order valence-electron chi connectivity index (χ1n) is 11.0. The van der Waals surface area contributed by atoms with Crippen LogP contribution in [-0.4, -0.2) is 45.7 Å². The Morgan fingerprint density at radius 3 is 2.52 bits per heavy atom. The Hall–Kier alpha value is -2.87. The van der Waals surface area contributed by atoms with Gasteiger partial charge in [-0.2, -0.15) is 5.10 Å². The molecule has 2 fully saturated rings. The van der Waals surface area contributed by atoms with Gasteiger partial charge in [0.1, 0.15) is 11.0 Å². The minimum Gasteiger partial charge on any atom is -0.372 e.